The van der Waals surface area contributed by atoms with E-state index in [9.17, 15) is 9.90 Å². The van der Waals surface area contributed by atoms with E-state index in [1.54, 1.807) is 0 Å². The summed E-state index contributed by atoms with van der Waals surface area (Å²) in [4.78, 5) is 12.2. The number of carbonyl (C=O) groups excluding carboxylic acids is 1. The van der Waals surface area contributed by atoms with Crippen molar-refractivity contribution in [3.05, 3.63) is 85.1 Å². The van der Waals surface area contributed by atoms with Gasteiger partial charge in [-0.1, -0.05) is 176 Å². The number of unbranched alkanes of at least 4 members (excludes halogenated alkanes) is 17. The summed E-state index contributed by atoms with van der Waals surface area (Å²) in [5.41, 5.74) is 0. The molecule has 1 unspecified atom stereocenters. The molecule has 0 saturated carbocycles. The van der Waals surface area contributed by atoms with Crippen molar-refractivity contribution < 1.29 is 19.4 Å². The van der Waals surface area contributed by atoms with Crippen LogP contribution in [0.1, 0.15) is 187 Å². The van der Waals surface area contributed by atoms with Crippen LogP contribution in [0, 0.1) is 0 Å². The van der Waals surface area contributed by atoms with Gasteiger partial charge in [-0.05, 0) is 89.9 Å². The molecule has 0 spiro atoms. The van der Waals surface area contributed by atoms with Gasteiger partial charge in [-0.3, -0.25) is 4.79 Å². The predicted octanol–water partition coefficient (Wildman–Crippen LogP) is 14.4. The van der Waals surface area contributed by atoms with E-state index in [0.29, 0.717) is 13.0 Å². The van der Waals surface area contributed by atoms with E-state index in [4.69, 9.17) is 9.47 Å². The van der Waals surface area contributed by atoms with Crippen molar-refractivity contribution in [3.63, 3.8) is 0 Å². The molecule has 298 valence electrons. The third kappa shape index (κ3) is 42.0. The zero-order valence-corrected chi connectivity index (χ0v) is 34.0. The van der Waals surface area contributed by atoms with Gasteiger partial charge in [0.2, 0.25) is 0 Å². The average molecular weight is 723 g/mol. The third-order valence-corrected chi connectivity index (χ3v) is 8.95. The minimum Gasteiger partial charge on any atom is -0.457 e. The molecule has 1 atom stereocenters. The normalized spacial score (nSPS) is 13.2. The summed E-state index contributed by atoms with van der Waals surface area (Å²) in [5, 5.41) is 9.61. The Balaban J connectivity index is 3.53. The van der Waals surface area contributed by atoms with Crippen molar-refractivity contribution >= 4 is 5.97 Å². The van der Waals surface area contributed by atoms with Crippen LogP contribution in [0.3, 0.4) is 0 Å². The molecule has 0 radical (unpaired) electrons. The zero-order chi connectivity index (χ0) is 37.7. The molecule has 0 aromatic rings. The summed E-state index contributed by atoms with van der Waals surface area (Å²) in [6.45, 7) is 5.18. The molecule has 0 aliphatic carbocycles. The van der Waals surface area contributed by atoms with E-state index >= 15 is 0 Å². The maximum atomic E-state index is 12.2. The van der Waals surface area contributed by atoms with Crippen LogP contribution in [0.15, 0.2) is 85.1 Å². The van der Waals surface area contributed by atoms with Crippen LogP contribution >= 0.6 is 0 Å². The van der Waals surface area contributed by atoms with Crippen LogP contribution in [0.2, 0.25) is 0 Å². The summed E-state index contributed by atoms with van der Waals surface area (Å²) in [6.07, 6.45) is 62.1. The molecule has 4 nitrogen and oxygen atoms in total. The topological polar surface area (TPSA) is 55.8 Å². The van der Waals surface area contributed by atoms with Crippen molar-refractivity contribution in [1.29, 1.82) is 0 Å². The fourth-order valence-corrected chi connectivity index (χ4v) is 5.74. The summed E-state index contributed by atoms with van der Waals surface area (Å²) in [5.74, 6) is -0.224. The van der Waals surface area contributed by atoms with Gasteiger partial charge in [-0.25, -0.2) is 0 Å². The van der Waals surface area contributed by atoms with Gasteiger partial charge in [0.1, 0.15) is 6.10 Å². The molecule has 0 aromatic heterocycles. The predicted molar refractivity (Wildman–Crippen MR) is 228 cm³/mol. The van der Waals surface area contributed by atoms with E-state index in [-0.39, 0.29) is 19.2 Å². The van der Waals surface area contributed by atoms with Gasteiger partial charge in [0, 0.05) is 13.0 Å². The van der Waals surface area contributed by atoms with E-state index in [2.05, 4.69) is 98.9 Å². The maximum absolute atomic E-state index is 12.2. The standard InChI is InChI=1S/C48H82O4/c1-3-5-7-9-11-13-15-17-19-21-23-24-25-27-29-31-33-35-37-39-41-43-48(50)52-47(45-49)46-51-44-42-40-38-36-34-32-30-28-26-22-20-18-16-14-12-10-8-6-4-2/h5,7,11,13-14,16-17,19-20,22-24,27,29,47,49H,3-4,6,8-10,12,15,18,21,25-26,28,30-46H2,1-2H3/b7-5-,13-11-,16-14-,19-17-,22-20-,24-23-,29-27-. The molecule has 0 heterocycles. The van der Waals surface area contributed by atoms with Crippen LogP contribution in [0.5, 0.6) is 0 Å². The summed E-state index contributed by atoms with van der Waals surface area (Å²) < 4.78 is 11.2. The molecule has 0 fully saturated rings. The number of allylic oxidation sites excluding steroid dienone is 14. The number of ether oxygens (including phenoxy) is 2. The zero-order valence-electron chi connectivity index (χ0n) is 34.0. The molecule has 4 heteroatoms. The molecule has 0 saturated heterocycles. The van der Waals surface area contributed by atoms with Crippen LogP contribution in [0.4, 0.5) is 0 Å². The Bertz CT molecular complexity index is 938. The van der Waals surface area contributed by atoms with E-state index < -0.39 is 6.10 Å². The average Bonchev–Trinajstić information content (AvgIpc) is 3.15. The number of rotatable bonds is 39. The monoisotopic (exact) mass is 723 g/mol. The fraction of sp³-hybridized carbons (Fsp3) is 0.688. The smallest absolute Gasteiger partial charge is 0.306 e. The first kappa shape index (κ1) is 49.6. The SMILES string of the molecule is CC/C=C\C/C=C\C/C=C\C/C=C\C/C=C\CCCCCCCC(=O)OC(CO)COCCCCCCCCCC/C=C\C/C=C\CCCCCC. The summed E-state index contributed by atoms with van der Waals surface area (Å²) >= 11 is 0. The highest BCUT2D eigenvalue weighted by molar-refractivity contribution is 5.69. The molecule has 1 N–H and O–H groups in total. The second kappa shape index (κ2) is 44.7. The second-order valence-electron chi connectivity index (χ2n) is 14.0. The van der Waals surface area contributed by atoms with E-state index in [1.807, 2.05) is 0 Å². The molecular weight excluding hydrogens is 641 g/mol. The molecule has 0 aliphatic rings. The first-order valence-electron chi connectivity index (χ1n) is 21.7. The molecule has 0 bridgehead atoms. The first-order chi connectivity index (χ1) is 25.7. The van der Waals surface area contributed by atoms with E-state index in [0.717, 1.165) is 70.6 Å². The van der Waals surface area contributed by atoms with E-state index in [1.165, 1.54) is 96.3 Å². The number of hydrogen-bond acceptors (Lipinski definition) is 4. The number of hydrogen-bond donors (Lipinski definition) is 1. The number of aliphatic hydroxyl groups excluding tert-OH is 1. The quantitative estimate of drug-likeness (QED) is 0.0390. The van der Waals surface area contributed by atoms with Gasteiger partial charge in [0.15, 0.2) is 0 Å². The number of carbonyl (C=O) groups is 1. The maximum Gasteiger partial charge on any atom is 0.306 e. The Morgan fingerprint density at radius 2 is 0.865 bits per heavy atom. The first-order valence-corrected chi connectivity index (χ1v) is 21.7. The summed E-state index contributed by atoms with van der Waals surface area (Å²) in [6, 6.07) is 0. The van der Waals surface area contributed by atoms with Gasteiger partial charge in [-0.2, -0.15) is 0 Å². The Labute approximate surface area is 322 Å². The van der Waals surface area contributed by atoms with Crippen molar-refractivity contribution in [1.82, 2.24) is 0 Å². The minimum absolute atomic E-state index is 0.187. The Morgan fingerprint density at radius 1 is 0.481 bits per heavy atom. The molecular formula is C48H82O4. The van der Waals surface area contributed by atoms with Gasteiger partial charge < -0.3 is 14.6 Å². The molecule has 52 heavy (non-hydrogen) atoms. The van der Waals surface area contributed by atoms with Gasteiger partial charge in [0.25, 0.3) is 0 Å². The lowest BCUT2D eigenvalue weighted by atomic mass is 10.1. The van der Waals surface area contributed by atoms with Crippen LogP contribution in [0.25, 0.3) is 0 Å². The van der Waals surface area contributed by atoms with Gasteiger partial charge in [0.05, 0.1) is 13.2 Å². The highest BCUT2D eigenvalue weighted by Crippen LogP contribution is 2.12. The highest BCUT2D eigenvalue weighted by atomic mass is 16.6. The van der Waals surface area contributed by atoms with Crippen LogP contribution in [-0.2, 0) is 14.3 Å². The van der Waals surface area contributed by atoms with Crippen LogP contribution in [-0.4, -0.2) is 37.0 Å². The second-order valence-corrected chi connectivity index (χ2v) is 14.0. The Hall–Kier alpha value is -2.43. The Kier molecular flexibility index (Phi) is 42.6. The lowest BCUT2D eigenvalue weighted by molar-refractivity contribution is -0.154. The minimum atomic E-state index is -0.553. The van der Waals surface area contributed by atoms with Gasteiger partial charge in [-0.15, -0.1) is 0 Å². The van der Waals surface area contributed by atoms with Crippen LogP contribution < -0.4 is 0 Å². The van der Waals surface area contributed by atoms with Crippen molar-refractivity contribution in [2.24, 2.45) is 0 Å². The number of esters is 1. The lowest BCUT2D eigenvalue weighted by Gasteiger charge is -2.15. The fourth-order valence-electron chi connectivity index (χ4n) is 5.74. The van der Waals surface area contributed by atoms with Crippen molar-refractivity contribution in [3.8, 4) is 0 Å². The molecule has 0 aliphatic heterocycles. The summed E-state index contributed by atoms with van der Waals surface area (Å²) in [7, 11) is 0. The number of aliphatic hydroxyl groups is 1. The largest absolute Gasteiger partial charge is 0.457 e. The Morgan fingerprint density at radius 3 is 1.31 bits per heavy atom. The molecule has 0 amide bonds. The highest BCUT2D eigenvalue weighted by Gasteiger charge is 2.13. The lowest BCUT2D eigenvalue weighted by Crippen LogP contribution is -2.27. The third-order valence-electron chi connectivity index (χ3n) is 8.95. The molecule has 0 rings (SSSR count). The molecule has 0 aromatic carbocycles. The van der Waals surface area contributed by atoms with Gasteiger partial charge >= 0.3 is 5.97 Å². The van der Waals surface area contributed by atoms with Crippen molar-refractivity contribution in [2.75, 3.05) is 19.8 Å². The van der Waals surface area contributed by atoms with Crippen molar-refractivity contribution in [2.45, 2.75) is 193 Å².